The molecule has 12 nitrogen and oxygen atoms in total. The summed E-state index contributed by atoms with van der Waals surface area (Å²) in [5, 5.41) is 43.1. The Balaban J connectivity index is 1.62. The summed E-state index contributed by atoms with van der Waals surface area (Å²) in [7, 11) is 0. The minimum atomic E-state index is -4.46. The summed E-state index contributed by atoms with van der Waals surface area (Å²) in [5.74, 6) is -2.39. The van der Waals surface area contributed by atoms with Crippen LogP contribution < -0.4 is 10.6 Å². The van der Waals surface area contributed by atoms with Crippen LogP contribution in [0.5, 0.6) is 0 Å². The zero-order valence-corrected chi connectivity index (χ0v) is 22.1. The van der Waals surface area contributed by atoms with E-state index in [1.165, 1.54) is 16.8 Å². The molecule has 2 heterocycles. The predicted molar refractivity (Wildman–Crippen MR) is 137 cm³/mol. The van der Waals surface area contributed by atoms with Crippen LogP contribution in [0, 0.1) is 5.92 Å². The number of carboxylic acid groups (broad SMARTS) is 1. The largest absolute Gasteiger partial charge is 0.480 e. The first-order valence-electron chi connectivity index (χ1n) is 12.6. The Kier molecular flexibility index (Phi) is 9.10. The van der Waals surface area contributed by atoms with Gasteiger partial charge in [-0.05, 0) is 55.3 Å². The number of benzene rings is 1. The molecule has 2 aromatic heterocycles. The number of nitrogens with zero attached hydrogens (tertiary/aromatic N) is 5. The molecular weight excluding hydrogens is 555 g/mol. The van der Waals surface area contributed by atoms with E-state index in [9.17, 15) is 33.0 Å². The predicted octanol–water partition coefficient (Wildman–Crippen LogP) is 2.48. The number of alkyl halides is 3. The van der Waals surface area contributed by atoms with Crippen LogP contribution >= 0.6 is 11.8 Å². The molecule has 1 aliphatic carbocycles. The lowest BCUT2D eigenvalue weighted by atomic mass is 10.1. The molecule has 4 rings (SSSR count). The first-order chi connectivity index (χ1) is 19.0. The Bertz CT molecular complexity index is 1360. The maximum absolute atomic E-state index is 13.0. The summed E-state index contributed by atoms with van der Waals surface area (Å²) in [6.07, 6.45) is -3.61. The molecule has 0 spiro atoms. The molecule has 1 saturated carbocycles. The lowest BCUT2D eigenvalue weighted by molar-refractivity contribution is -0.143. The van der Waals surface area contributed by atoms with Crippen LogP contribution in [0.25, 0.3) is 11.2 Å². The molecule has 0 radical (unpaired) electrons. The number of carbonyl (C=O) groups excluding carboxylic acids is 1. The first kappa shape index (κ1) is 29.5. The summed E-state index contributed by atoms with van der Waals surface area (Å²) >= 11 is 1.04. The van der Waals surface area contributed by atoms with Gasteiger partial charge in [-0.15, -0.1) is 5.10 Å². The third-order valence-corrected chi connectivity index (χ3v) is 7.37. The van der Waals surface area contributed by atoms with E-state index in [0.717, 1.165) is 36.7 Å². The van der Waals surface area contributed by atoms with E-state index in [1.807, 2.05) is 6.92 Å². The van der Waals surface area contributed by atoms with Gasteiger partial charge in [0, 0.05) is 17.4 Å². The number of aliphatic hydroxyl groups excluding tert-OH is 2. The Labute approximate surface area is 230 Å². The normalized spacial score (nSPS) is 20.0. The highest BCUT2D eigenvalue weighted by atomic mass is 32.2. The highest BCUT2D eigenvalue weighted by Gasteiger charge is 2.40. The van der Waals surface area contributed by atoms with Gasteiger partial charge in [-0.1, -0.05) is 18.6 Å². The van der Waals surface area contributed by atoms with Crippen molar-refractivity contribution in [3.05, 3.63) is 29.8 Å². The molecule has 3 aromatic rings. The molecule has 1 aromatic carbocycles. The minimum absolute atomic E-state index is 0.0233. The summed E-state index contributed by atoms with van der Waals surface area (Å²) < 4.78 is 40.3. The van der Waals surface area contributed by atoms with Crippen molar-refractivity contribution in [2.24, 2.45) is 5.92 Å². The van der Waals surface area contributed by atoms with Crippen molar-refractivity contribution in [3.63, 3.8) is 0 Å². The highest BCUT2D eigenvalue weighted by molar-refractivity contribution is 7.99. The number of aliphatic carboxylic acids is 1. The summed E-state index contributed by atoms with van der Waals surface area (Å²) in [4.78, 5) is 33.3. The number of hydrogen-bond donors (Lipinski definition) is 5. The highest BCUT2D eigenvalue weighted by Crippen LogP contribution is 2.38. The maximum Gasteiger partial charge on any atom is 0.416 e. The first-order valence-corrected chi connectivity index (χ1v) is 13.4. The molecular formula is C24H28F3N7O5S. The van der Waals surface area contributed by atoms with Gasteiger partial charge in [-0.3, -0.25) is 4.79 Å². The van der Waals surface area contributed by atoms with Gasteiger partial charge >= 0.3 is 12.1 Å². The van der Waals surface area contributed by atoms with Crippen LogP contribution in [0.4, 0.5) is 19.0 Å². The number of anilines is 1. The van der Waals surface area contributed by atoms with Gasteiger partial charge in [0.25, 0.3) is 0 Å². The average Bonchev–Trinajstić information content (AvgIpc) is 3.50. The summed E-state index contributed by atoms with van der Waals surface area (Å²) in [6, 6.07) is 2.39. The molecule has 0 aliphatic heterocycles. The van der Waals surface area contributed by atoms with Crippen LogP contribution in [-0.4, -0.2) is 77.5 Å². The van der Waals surface area contributed by atoms with Crippen molar-refractivity contribution in [1.82, 2.24) is 30.3 Å². The van der Waals surface area contributed by atoms with Crippen LogP contribution in [0.3, 0.4) is 0 Å². The third-order valence-electron chi connectivity index (χ3n) is 6.50. The molecule has 4 atom stereocenters. The molecule has 1 fully saturated rings. The lowest BCUT2D eigenvalue weighted by Crippen LogP contribution is -2.45. The van der Waals surface area contributed by atoms with E-state index in [-0.39, 0.29) is 23.6 Å². The van der Waals surface area contributed by atoms with Gasteiger partial charge in [0.2, 0.25) is 5.91 Å². The number of carboxylic acids is 1. The van der Waals surface area contributed by atoms with Crippen molar-refractivity contribution < 1.29 is 38.1 Å². The van der Waals surface area contributed by atoms with E-state index < -0.39 is 54.3 Å². The quantitative estimate of drug-likeness (QED) is 0.166. The summed E-state index contributed by atoms with van der Waals surface area (Å²) in [6.45, 7) is 1.81. The number of amides is 1. The van der Waals surface area contributed by atoms with Crippen LogP contribution in [0.2, 0.25) is 0 Å². The number of unbranched alkanes of at least 4 members (excludes halogenated alkanes) is 1. The standard InChI is InChI=1S/C24H28F3N7O5S/c1-2-3-8-28-19-18-20(31-23(30-19)40-14-6-4-13(5-7-14)24(25,26)27)34(33-32-18)16-9-12(10-17(16)36)21(37)29-15(11-35)22(38)39/h4-7,12,15-17,35-36H,2-3,8-11H2,1H3,(H,29,37)(H,38,39)(H,28,30,31)/t12-,15?,16+,17-/m0/s1. The van der Waals surface area contributed by atoms with E-state index in [4.69, 9.17) is 5.11 Å². The zero-order chi connectivity index (χ0) is 29.0. The Morgan fingerprint density at radius 3 is 2.55 bits per heavy atom. The van der Waals surface area contributed by atoms with E-state index in [2.05, 4.69) is 30.9 Å². The number of fused-ring (bicyclic) bond motifs is 1. The topological polar surface area (TPSA) is 175 Å². The number of nitrogens with one attached hydrogen (secondary N) is 2. The molecule has 216 valence electrons. The molecule has 1 amide bonds. The fourth-order valence-electron chi connectivity index (χ4n) is 4.35. The number of rotatable bonds is 11. The van der Waals surface area contributed by atoms with Gasteiger partial charge in [0.15, 0.2) is 22.1 Å². The second-order valence-electron chi connectivity index (χ2n) is 9.35. The van der Waals surface area contributed by atoms with Crippen LogP contribution in [0.1, 0.15) is 44.2 Å². The second kappa shape index (κ2) is 12.3. The molecule has 0 bridgehead atoms. The lowest BCUT2D eigenvalue weighted by Gasteiger charge is -2.16. The number of carbonyl (C=O) groups is 2. The fraction of sp³-hybridized carbons (Fsp3) is 0.500. The Hall–Kier alpha value is -3.50. The second-order valence-corrected chi connectivity index (χ2v) is 10.4. The molecule has 16 heteroatoms. The average molecular weight is 584 g/mol. The van der Waals surface area contributed by atoms with E-state index in [1.54, 1.807) is 0 Å². The number of halogens is 3. The molecule has 1 aliphatic rings. The monoisotopic (exact) mass is 583 g/mol. The third kappa shape index (κ3) is 6.62. The molecule has 0 saturated heterocycles. The smallest absolute Gasteiger partial charge is 0.416 e. The number of aromatic nitrogens is 5. The maximum atomic E-state index is 13.0. The van der Waals surface area contributed by atoms with E-state index >= 15 is 0 Å². The molecule has 40 heavy (non-hydrogen) atoms. The van der Waals surface area contributed by atoms with Gasteiger partial charge < -0.3 is 26.0 Å². The van der Waals surface area contributed by atoms with Crippen molar-refractivity contribution in [2.75, 3.05) is 18.5 Å². The van der Waals surface area contributed by atoms with Crippen molar-refractivity contribution in [2.45, 2.75) is 67.0 Å². The molecule has 1 unspecified atom stereocenters. The Morgan fingerprint density at radius 2 is 1.93 bits per heavy atom. The van der Waals surface area contributed by atoms with Crippen molar-refractivity contribution in [1.29, 1.82) is 0 Å². The van der Waals surface area contributed by atoms with Crippen molar-refractivity contribution in [3.8, 4) is 0 Å². The fourth-order valence-corrected chi connectivity index (χ4v) is 5.10. The van der Waals surface area contributed by atoms with Crippen LogP contribution in [0.15, 0.2) is 34.3 Å². The van der Waals surface area contributed by atoms with Gasteiger partial charge in [0.1, 0.15) is 6.04 Å². The van der Waals surface area contributed by atoms with Crippen LogP contribution in [-0.2, 0) is 15.8 Å². The van der Waals surface area contributed by atoms with Gasteiger partial charge in [-0.2, -0.15) is 13.2 Å². The number of hydrogen-bond acceptors (Lipinski definition) is 10. The van der Waals surface area contributed by atoms with E-state index in [0.29, 0.717) is 22.8 Å². The Morgan fingerprint density at radius 1 is 1.20 bits per heavy atom. The number of aliphatic hydroxyl groups is 2. The van der Waals surface area contributed by atoms with Gasteiger partial charge in [0.05, 0.1) is 24.3 Å². The zero-order valence-electron chi connectivity index (χ0n) is 21.3. The summed E-state index contributed by atoms with van der Waals surface area (Å²) in [5.41, 5.74) is -0.202. The van der Waals surface area contributed by atoms with Gasteiger partial charge in [-0.25, -0.2) is 19.4 Å². The SMILES string of the molecule is CCCCNc1nc(Sc2ccc(C(F)(F)F)cc2)nc2c1nnn2[C@@H]1C[C@H](C(=O)NC(CO)C(=O)O)C[C@@H]1O. The minimum Gasteiger partial charge on any atom is -0.480 e. The molecule has 5 N–H and O–H groups in total. The van der Waals surface area contributed by atoms with Crippen molar-refractivity contribution >= 4 is 40.6 Å².